The Morgan fingerprint density at radius 3 is 2.17 bits per heavy atom. The van der Waals surface area contributed by atoms with Gasteiger partial charge in [-0.05, 0) is 24.3 Å². The van der Waals surface area contributed by atoms with Crippen molar-refractivity contribution in [1.82, 2.24) is 0 Å². The highest BCUT2D eigenvalue weighted by atomic mass is 19.1. The molecule has 1 aromatic carbocycles. The third kappa shape index (κ3) is 3.71. The molecule has 0 aliphatic rings. The Hall–Kier alpha value is -1.38. The summed E-state index contributed by atoms with van der Waals surface area (Å²) in [6, 6.07) is 5.20. The molecule has 0 heterocycles. The molecular formula is C9H11FO2. The zero-order chi connectivity index (χ0) is 9.40. The fourth-order valence-electron chi connectivity index (χ4n) is 0.569. The van der Waals surface area contributed by atoms with Crippen LogP contribution >= 0.6 is 0 Å². The third-order valence-corrected chi connectivity index (χ3v) is 0.998. The van der Waals surface area contributed by atoms with E-state index in [4.69, 9.17) is 0 Å². The van der Waals surface area contributed by atoms with Crippen LogP contribution in [0.25, 0.3) is 0 Å². The molecule has 0 saturated heterocycles. The molecule has 0 bridgehead atoms. The van der Waals surface area contributed by atoms with Gasteiger partial charge in [-0.25, -0.2) is 4.39 Å². The normalized spacial score (nSPS) is 7.92. The van der Waals surface area contributed by atoms with Crippen LogP contribution in [0, 0.1) is 5.82 Å². The van der Waals surface area contributed by atoms with Gasteiger partial charge >= 0.3 is 0 Å². The van der Waals surface area contributed by atoms with E-state index in [1.165, 1.54) is 24.3 Å². The molecule has 66 valence electrons. The maximum absolute atomic E-state index is 12.2. The van der Waals surface area contributed by atoms with E-state index in [1.54, 1.807) is 0 Å². The second-order valence-electron chi connectivity index (χ2n) is 1.67. The number of carbonyl (C=O) groups excluding carboxylic acids is 1. The number of halogens is 1. The monoisotopic (exact) mass is 170 g/mol. The molecule has 2 nitrogen and oxygen atoms in total. The number of ether oxygens (including phenoxy) is 1. The molecule has 0 fully saturated rings. The van der Waals surface area contributed by atoms with Crippen molar-refractivity contribution in [3.63, 3.8) is 0 Å². The summed E-state index contributed by atoms with van der Waals surface area (Å²) in [6.07, 6.45) is 0. The fraction of sp³-hybridized carbons (Fsp3) is 0.222. The van der Waals surface area contributed by atoms with Crippen molar-refractivity contribution in [3.05, 3.63) is 30.1 Å². The van der Waals surface area contributed by atoms with Gasteiger partial charge in [0.05, 0.1) is 0 Å². The van der Waals surface area contributed by atoms with Crippen molar-refractivity contribution < 1.29 is 13.9 Å². The van der Waals surface area contributed by atoms with E-state index in [1.807, 2.05) is 13.8 Å². The third-order valence-electron chi connectivity index (χ3n) is 0.998. The summed E-state index contributed by atoms with van der Waals surface area (Å²) in [4.78, 5) is 9.74. The first kappa shape index (κ1) is 10.6. The van der Waals surface area contributed by atoms with Crippen LogP contribution in [0.15, 0.2) is 24.3 Å². The van der Waals surface area contributed by atoms with E-state index < -0.39 is 0 Å². The molecule has 0 spiro atoms. The highest BCUT2D eigenvalue weighted by Gasteiger charge is 1.90. The Kier molecular flexibility index (Phi) is 5.61. The zero-order valence-corrected chi connectivity index (χ0v) is 7.08. The maximum atomic E-state index is 12.2. The molecule has 0 aliphatic carbocycles. The van der Waals surface area contributed by atoms with E-state index in [-0.39, 0.29) is 5.82 Å². The largest absolute Gasteiger partial charge is 0.429 e. The van der Waals surface area contributed by atoms with Crippen molar-refractivity contribution in [2.75, 3.05) is 0 Å². The quantitative estimate of drug-likeness (QED) is 0.637. The molecule has 0 amide bonds. The van der Waals surface area contributed by atoms with E-state index >= 15 is 0 Å². The van der Waals surface area contributed by atoms with Crippen molar-refractivity contribution in [2.24, 2.45) is 0 Å². The van der Waals surface area contributed by atoms with Crippen molar-refractivity contribution in [3.8, 4) is 5.75 Å². The molecule has 1 rings (SSSR count). The van der Waals surface area contributed by atoms with Crippen LogP contribution in [0.4, 0.5) is 4.39 Å². The smallest absolute Gasteiger partial charge is 0.298 e. The lowest BCUT2D eigenvalue weighted by Crippen LogP contribution is -1.87. The molecule has 3 heteroatoms. The summed E-state index contributed by atoms with van der Waals surface area (Å²) >= 11 is 0. The SMILES string of the molecule is CC.O=COc1ccc(F)cc1. The predicted molar refractivity (Wildman–Crippen MR) is 44.4 cm³/mol. The molecule has 0 saturated carbocycles. The van der Waals surface area contributed by atoms with Gasteiger partial charge in [0, 0.05) is 0 Å². The van der Waals surface area contributed by atoms with Crippen LogP contribution in [0.2, 0.25) is 0 Å². The molecule has 0 aromatic heterocycles. The molecule has 0 radical (unpaired) electrons. The Morgan fingerprint density at radius 2 is 1.75 bits per heavy atom. The number of hydrogen-bond donors (Lipinski definition) is 0. The zero-order valence-electron chi connectivity index (χ0n) is 7.08. The summed E-state index contributed by atoms with van der Waals surface area (Å²) < 4.78 is 16.6. The number of hydrogen-bond acceptors (Lipinski definition) is 2. The van der Waals surface area contributed by atoms with Crippen LogP contribution in [0.1, 0.15) is 13.8 Å². The maximum Gasteiger partial charge on any atom is 0.298 e. The summed E-state index contributed by atoms with van der Waals surface area (Å²) in [7, 11) is 0. The number of benzene rings is 1. The summed E-state index contributed by atoms with van der Waals surface area (Å²) in [5, 5.41) is 0. The van der Waals surface area contributed by atoms with Gasteiger partial charge in [-0.15, -0.1) is 0 Å². The van der Waals surface area contributed by atoms with Crippen LogP contribution in [0.5, 0.6) is 5.75 Å². The molecule has 1 aromatic rings. The van der Waals surface area contributed by atoms with Gasteiger partial charge < -0.3 is 4.74 Å². The topological polar surface area (TPSA) is 26.3 Å². The Morgan fingerprint density at radius 1 is 1.25 bits per heavy atom. The Balaban J connectivity index is 0.000000561. The second kappa shape index (κ2) is 6.34. The summed E-state index contributed by atoms with van der Waals surface area (Å²) in [5.41, 5.74) is 0. The summed E-state index contributed by atoms with van der Waals surface area (Å²) in [5.74, 6) is -0.00495. The molecular weight excluding hydrogens is 159 g/mol. The molecule has 0 atom stereocenters. The highest BCUT2D eigenvalue weighted by Crippen LogP contribution is 2.09. The highest BCUT2D eigenvalue weighted by molar-refractivity contribution is 5.44. The van der Waals surface area contributed by atoms with Gasteiger partial charge in [0.25, 0.3) is 6.47 Å². The average Bonchev–Trinajstić information content (AvgIpc) is 2.13. The van der Waals surface area contributed by atoms with Crippen molar-refractivity contribution in [1.29, 1.82) is 0 Å². The van der Waals surface area contributed by atoms with E-state index in [2.05, 4.69) is 4.74 Å². The standard InChI is InChI=1S/C7H5FO2.C2H6/c8-6-1-3-7(4-2-6)10-5-9;1-2/h1-5H;1-2H3. The molecule has 0 aliphatic heterocycles. The Labute approximate surface area is 71.0 Å². The molecule has 12 heavy (non-hydrogen) atoms. The minimum atomic E-state index is -0.349. The number of rotatable bonds is 2. The van der Waals surface area contributed by atoms with E-state index in [0.29, 0.717) is 12.2 Å². The van der Waals surface area contributed by atoms with E-state index in [0.717, 1.165) is 0 Å². The molecule has 0 N–H and O–H groups in total. The van der Waals surface area contributed by atoms with Gasteiger partial charge in [0.15, 0.2) is 0 Å². The fourth-order valence-corrected chi connectivity index (χ4v) is 0.569. The minimum absolute atomic E-state index is 0.299. The Bertz CT molecular complexity index is 218. The van der Waals surface area contributed by atoms with Gasteiger partial charge in [0.2, 0.25) is 0 Å². The predicted octanol–water partition coefficient (Wildman–Crippen LogP) is 2.39. The van der Waals surface area contributed by atoms with Crippen LogP contribution in [-0.4, -0.2) is 6.47 Å². The van der Waals surface area contributed by atoms with Crippen LogP contribution in [0.3, 0.4) is 0 Å². The van der Waals surface area contributed by atoms with Gasteiger partial charge in [0.1, 0.15) is 11.6 Å². The van der Waals surface area contributed by atoms with Gasteiger partial charge in [-0.3, -0.25) is 4.79 Å². The second-order valence-corrected chi connectivity index (χ2v) is 1.67. The molecule has 0 unspecified atom stereocenters. The van der Waals surface area contributed by atoms with Gasteiger partial charge in [-0.1, -0.05) is 13.8 Å². The average molecular weight is 170 g/mol. The lowest BCUT2D eigenvalue weighted by Gasteiger charge is -1.93. The van der Waals surface area contributed by atoms with Crippen molar-refractivity contribution in [2.45, 2.75) is 13.8 Å². The first-order chi connectivity index (χ1) is 5.83. The van der Waals surface area contributed by atoms with E-state index in [9.17, 15) is 9.18 Å². The van der Waals surface area contributed by atoms with Crippen LogP contribution in [-0.2, 0) is 4.79 Å². The first-order valence-corrected chi connectivity index (χ1v) is 3.69. The summed E-state index contributed by atoms with van der Waals surface area (Å²) in [6.45, 7) is 4.30. The lowest BCUT2D eigenvalue weighted by molar-refractivity contribution is -0.120. The number of carbonyl (C=O) groups is 1. The van der Waals surface area contributed by atoms with Crippen molar-refractivity contribution >= 4 is 6.47 Å². The first-order valence-electron chi connectivity index (χ1n) is 3.69. The van der Waals surface area contributed by atoms with Gasteiger partial charge in [-0.2, -0.15) is 0 Å². The van der Waals surface area contributed by atoms with Crippen LogP contribution < -0.4 is 4.74 Å². The lowest BCUT2D eigenvalue weighted by atomic mass is 10.3. The minimum Gasteiger partial charge on any atom is -0.429 e.